The van der Waals surface area contributed by atoms with Gasteiger partial charge < -0.3 is 45.2 Å². The van der Waals surface area contributed by atoms with Crippen LogP contribution in [0.3, 0.4) is 0 Å². The number of urea groups is 3. The highest BCUT2D eigenvalue weighted by molar-refractivity contribution is 9.10. The Bertz CT molecular complexity index is 5330. The SMILES string of the molecule is C=CCC1(C(=O)O)CCN(c2ncc(-c3cc(-c4cnccn4)c4sc(NC(=O)NCC)nc4c3)cn2)CC1.C=CCC1(C(=O)OCC)CCN(c2ncc(-c3cc(-c4cnccn4)c4sc(NC(=O)NCC)nc4c3)cn2)CC1.C=CCC1(C(=O)OCC)CCN(c2ncc(-c3cc(Br)c4sc(NC(=O)NCC)nc4c3)cn2)CC1. The van der Waals surface area contributed by atoms with Gasteiger partial charge in [-0.25, -0.2) is 59.2 Å². The molecule has 0 aliphatic carbocycles. The number of hydrogen-bond donors (Lipinski definition) is 7. The third kappa shape index (κ3) is 19.5. The number of halogens is 1. The summed E-state index contributed by atoms with van der Waals surface area (Å²) in [6.45, 7) is 26.7. The molecule has 0 radical (unpaired) electrons. The van der Waals surface area contributed by atoms with Crippen molar-refractivity contribution in [2.24, 2.45) is 16.2 Å². The lowest BCUT2D eigenvalue weighted by Crippen LogP contribution is -2.45. The van der Waals surface area contributed by atoms with E-state index in [2.05, 4.69) is 142 Å². The third-order valence-electron chi connectivity index (χ3n) is 20.2. The van der Waals surface area contributed by atoms with Crippen molar-refractivity contribution in [2.45, 2.75) is 92.4 Å². The molecule has 0 spiro atoms. The quantitative estimate of drug-likeness (QED) is 0.0206. The van der Waals surface area contributed by atoms with Crippen molar-refractivity contribution in [1.29, 1.82) is 0 Å². The summed E-state index contributed by atoms with van der Waals surface area (Å²) in [5, 5.41) is 27.7. The first-order chi connectivity index (χ1) is 56.3. The number of amides is 6. The van der Waals surface area contributed by atoms with Crippen molar-refractivity contribution in [3.8, 4) is 55.9 Å². The summed E-state index contributed by atoms with van der Waals surface area (Å²) in [5.41, 5.74) is 8.53. The van der Waals surface area contributed by atoms with E-state index in [1.54, 1.807) is 92.6 Å². The van der Waals surface area contributed by atoms with Crippen LogP contribution in [0.2, 0.25) is 0 Å². The normalized spacial score (nSPS) is 14.7. The third-order valence-corrected chi connectivity index (χ3v) is 24.1. The lowest BCUT2D eigenvalue weighted by atomic mass is 9.75. The maximum atomic E-state index is 12.7. The number of piperidine rings is 3. The molecule has 0 saturated carbocycles. The number of carboxylic acids is 1. The molecule has 35 heteroatoms. The molecule has 0 atom stereocenters. The molecule has 602 valence electrons. The number of anilines is 6. The van der Waals surface area contributed by atoms with Crippen LogP contribution < -0.4 is 46.6 Å². The summed E-state index contributed by atoms with van der Waals surface area (Å²) < 4.78 is 14.3. The molecule has 11 heterocycles. The van der Waals surface area contributed by atoms with E-state index in [0.717, 1.165) is 74.1 Å². The molecular formula is C81H89BrN22O9S3. The van der Waals surface area contributed by atoms with E-state index in [9.17, 15) is 33.9 Å². The number of carboxylic acid groups (broad SMARTS) is 1. The van der Waals surface area contributed by atoms with Gasteiger partial charge in [-0.15, -0.1) is 19.7 Å². The molecule has 116 heavy (non-hydrogen) atoms. The minimum atomic E-state index is -0.779. The fraction of sp³-hybridized carbons (Fsp3) is 0.346. The minimum absolute atomic E-state index is 0.145. The minimum Gasteiger partial charge on any atom is -0.481 e. The maximum Gasteiger partial charge on any atom is 0.321 e. The molecule has 0 unspecified atom stereocenters. The van der Waals surface area contributed by atoms with Crippen LogP contribution in [0.25, 0.3) is 86.5 Å². The molecule has 14 rings (SSSR count). The van der Waals surface area contributed by atoms with E-state index in [1.165, 1.54) is 34.0 Å². The lowest BCUT2D eigenvalue weighted by Gasteiger charge is -2.39. The number of rotatable bonds is 25. The van der Waals surface area contributed by atoms with Gasteiger partial charge >= 0.3 is 36.0 Å². The number of carbonyl (C=O) groups is 6. The molecule has 3 saturated heterocycles. The number of thiazole rings is 3. The van der Waals surface area contributed by atoms with Gasteiger partial charge in [0.2, 0.25) is 17.8 Å². The monoisotopic (exact) mass is 1690 g/mol. The van der Waals surface area contributed by atoms with Crippen molar-refractivity contribution < 1.29 is 43.3 Å². The molecular weight excluding hydrogens is 1600 g/mol. The van der Waals surface area contributed by atoms with Gasteiger partial charge in [0.25, 0.3) is 0 Å². The van der Waals surface area contributed by atoms with E-state index in [4.69, 9.17) is 9.47 Å². The standard InChI is InChI=1S/C29H32N8O3S.C27H28N8O3S.C25H29BrN6O3S/c1-4-7-29(25(38)40-6-3)8-12-37(13-9-29)26-33-16-20(17-34-26)19-14-21(23-18-30-10-11-32-23)24-22(15-19)35-28(41-24)36-27(39)31-5-2;1-3-5-27(23(36)37)6-10-35(11-7-27)24-31-14-18(15-32-24)17-12-19(21-16-28-8-9-30-21)22-20(13-17)33-26(39-22)34-25(38)29-4-2;1-4-7-25(21(33)35-6-3)8-10-32(11-9-25)22-28-14-17(15-29-22)16-12-18(26)20-19(13-16)30-24(36-20)31-23(34)27-5-2/h4,10-11,14-18H,1,5-9,12-13H2,2-3H3,(H2,31,35,36,39);3,8-9,12-16H,1,4-7,10-11H2,2H3,(H,36,37)(H2,29,33,34,38);4,12-15H,1,5-11H2,2-3H3,(H2,27,30,31,34). The van der Waals surface area contributed by atoms with Crippen LogP contribution in [0.4, 0.5) is 47.6 Å². The Kier molecular flexibility index (Phi) is 27.7. The van der Waals surface area contributed by atoms with E-state index < -0.39 is 22.2 Å². The Labute approximate surface area is 690 Å². The van der Waals surface area contributed by atoms with Gasteiger partial charge in [-0.2, -0.15) is 0 Å². The van der Waals surface area contributed by atoms with Gasteiger partial charge in [0.1, 0.15) is 0 Å². The molecule has 7 N–H and O–H groups in total. The molecule has 6 amide bonds. The second-order valence-corrected chi connectivity index (χ2v) is 31.4. The smallest absolute Gasteiger partial charge is 0.321 e. The number of esters is 2. The van der Waals surface area contributed by atoms with E-state index in [-0.39, 0.29) is 30.0 Å². The van der Waals surface area contributed by atoms with Crippen molar-refractivity contribution >= 4 is 150 Å². The Hall–Kier alpha value is -12.0. The van der Waals surface area contributed by atoms with Crippen LogP contribution in [0.1, 0.15) is 92.4 Å². The number of benzene rings is 3. The summed E-state index contributed by atoms with van der Waals surface area (Å²) in [6.07, 6.45) is 31.2. The van der Waals surface area contributed by atoms with Crippen LogP contribution in [0, 0.1) is 16.2 Å². The summed E-state index contributed by atoms with van der Waals surface area (Å²) in [7, 11) is 0. The van der Waals surface area contributed by atoms with Gasteiger partial charge in [0, 0.05) is 153 Å². The zero-order valence-electron chi connectivity index (χ0n) is 64.9. The van der Waals surface area contributed by atoms with Crippen LogP contribution >= 0.6 is 49.9 Å². The highest BCUT2D eigenvalue weighted by Crippen LogP contribution is 2.44. The number of aromatic nitrogens is 13. The van der Waals surface area contributed by atoms with Crippen molar-refractivity contribution in [3.05, 3.63) is 153 Å². The fourth-order valence-electron chi connectivity index (χ4n) is 14.1. The molecule has 31 nitrogen and oxygen atoms in total. The van der Waals surface area contributed by atoms with E-state index >= 15 is 0 Å². The number of carbonyl (C=O) groups excluding carboxylic acids is 5. The average Bonchev–Trinajstić information content (AvgIpc) is 1.58. The second kappa shape index (κ2) is 38.5. The van der Waals surface area contributed by atoms with Gasteiger partial charge in [-0.3, -0.25) is 50.3 Å². The number of nitrogens with zero attached hydrogens (tertiary/aromatic N) is 16. The summed E-state index contributed by atoms with van der Waals surface area (Å²) in [4.78, 5) is 138. The number of aliphatic carboxylic acids is 1. The number of allylic oxidation sites excluding steroid dienone is 3. The molecule has 8 aromatic heterocycles. The van der Waals surface area contributed by atoms with E-state index in [1.807, 2.05) is 75.9 Å². The Balaban J connectivity index is 0.000000161. The number of hydrogen-bond acceptors (Lipinski definition) is 27. The predicted octanol–water partition coefficient (Wildman–Crippen LogP) is 15.1. The summed E-state index contributed by atoms with van der Waals surface area (Å²) in [6, 6.07) is 11.0. The summed E-state index contributed by atoms with van der Waals surface area (Å²) >= 11 is 7.78. The van der Waals surface area contributed by atoms with Crippen LogP contribution in [-0.2, 0) is 23.9 Å². The molecule has 3 aliphatic heterocycles. The van der Waals surface area contributed by atoms with Gasteiger partial charge in [0.05, 0.1) is 83.9 Å². The van der Waals surface area contributed by atoms with Crippen LogP contribution in [0.15, 0.2) is 153 Å². The predicted molar refractivity (Wildman–Crippen MR) is 457 cm³/mol. The molecule has 3 fully saturated rings. The van der Waals surface area contributed by atoms with E-state index in [0.29, 0.717) is 180 Å². The Morgan fingerprint density at radius 2 is 0.759 bits per heavy atom. The largest absolute Gasteiger partial charge is 0.481 e. The fourth-order valence-corrected chi connectivity index (χ4v) is 17.5. The van der Waals surface area contributed by atoms with Crippen LogP contribution in [0.5, 0.6) is 0 Å². The second-order valence-electron chi connectivity index (χ2n) is 27.6. The number of nitrogens with one attached hydrogen (secondary N) is 6. The highest BCUT2D eigenvalue weighted by Gasteiger charge is 2.44. The zero-order chi connectivity index (χ0) is 81.9. The highest BCUT2D eigenvalue weighted by atomic mass is 79.9. The molecule has 3 aliphatic rings. The topological polar surface area (TPSA) is 391 Å². The maximum absolute atomic E-state index is 12.7. The molecule has 11 aromatic rings. The molecule has 0 bridgehead atoms. The average molecular weight is 1690 g/mol. The summed E-state index contributed by atoms with van der Waals surface area (Å²) in [5.74, 6) is 0.733. The molecule has 3 aromatic carbocycles. The van der Waals surface area contributed by atoms with Crippen molar-refractivity contribution in [3.63, 3.8) is 0 Å². The van der Waals surface area contributed by atoms with Crippen molar-refractivity contribution in [2.75, 3.05) is 103 Å². The number of ether oxygens (including phenoxy) is 2. The number of fused-ring (bicyclic) bond motifs is 3. The first kappa shape index (κ1) is 83.5. The Morgan fingerprint density at radius 1 is 0.440 bits per heavy atom. The lowest BCUT2D eigenvalue weighted by molar-refractivity contribution is -0.157. The first-order valence-corrected chi connectivity index (χ1v) is 41.3. The zero-order valence-corrected chi connectivity index (χ0v) is 68.9. The van der Waals surface area contributed by atoms with Gasteiger partial charge in [-0.05, 0) is 161 Å². The first-order valence-electron chi connectivity index (χ1n) is 38.1. The van der Waals surface area contributed by atoms with Gasteiger partial charge in [0.15, 0.2) is 15.4 Å². The Morgan fingerprint density at radius 3 is 1.07 bits per heavy atom. The van der Waals surface area contributed by atoms with Crippen molar-refractivity contribution in [1.82, 2.24) is 80.7 Å². The van der Waals surface area contributed by atoms with Crippen LogP contribution in [-0.4, -0.2) is 178 Å². The van der Waals surface area contributed by atoms with Gasteiger partial charge in [-0.1, -0.05) is 52.2 Å².